The van der Waals surface area contributed by atoms with E-state index in [4.69, 9.17) is 9.48 Å². The van der Waals surface area contributed by atoms with Crippen LogP contribution in [0.4, 0.5) is 16.5 Å². The number of nitro benzene ring substituents is 1. The molecule has 0 fully saturated rings. The minimum absolute atomic E-state index is 0.0719. The first-order valence-electron chi connectivity index (χ1n) is 10.8. The molecule has 0 saturated carbocycles. The molecule has 3 aromatic carbocycles. The molecule has 0 unspecified atom stereocenters. The van der Waals surface area contributed by atoms with Gasteiger partial charge in [-0.2, -0.15) is 0 Å². The van der Waals surface area contributed by atoms with E-state index in [1.807, 2.05) is 48.7 Å². The van der Waals surface area contributed by atoms with Crippen LogP contribution in [0.5, 0.6) is 5.75 Å². The summed E-state index contributed by atoms with van der Waals surface area (Å²) in [6, 6.07) is 25.0. The topological polar surface area (TPSA) is 89.7 Å². The molecule has 1 aromatic heterocycles. The lowest BCUT2D eigenvalue weighted by atomic mass is 10.2. The van der Waals surface area contributed by atoms with Crippen LogP contribution in [0.15, 0.2) is 95.2 Å². The molecule has 4 rings (SSSR count). The van der Waals surface area contributed by atoms with Crippen molar-refractivity contribution in [3.8, 4) is 5.75 Å². The molecular formula is C25H25N4O3PS. The monoisotopic (exact) mass is 492 g/mol. The van der Waals surface area contributed by atoms with Gasteiger partial charge in [0.1, 0.15) is 11.4 Å². The molecule has 0 saturated heterocycles. The van der Waals surface area contributed by atoms with Crippen LogP contribution in [0.1, 0.15) is 18.1 Å². The largest absolute Gasteiger partial charge is 0.494 e. The molecule has 0 atom stereocenters. The summed E-state index contributed by atoms with van der Waals surface area (Å²) in [5.41, 5.74) is 2.47. The number of anilines is 1. The van der Waals surface area contributed by atoms with Gasteiger partial charge in [-0.1, -0.05) is 60.7 Å². The lowest BCUT2D eigenvalue weighted by molar-refractivity contribution is -0.384. The van der Waals surface area contributed by atoms with Crippen LogP contribution in [-0.4, -0.2) is 16.5 Å². The molecule has 174 valence electrons. The number of nitro groups is 1. The number of rotatable bonds is 10. The van der Waals surface area contributed by atoms with E-state index in [0.29, 0.717) is 30.4 Å². The fourth-order valence-electron chi connectivity index (χ4n) is 3.65. The molecule has 7 nitrogen and oxygen atoms in total. The standard InChI is InChI=1S/C25H25N4O3PS/c1-2-32-22-13-14-23(24(17-22)29(30)31)27-33(28-25-26-15-16-34-25,18-20-9-5-3-6-10-20)19-21-11-7-4-8-12-21/h3-17H,2,18-19H2,1H3,(H,26,28). The summed E-state index contributed by atoms with van der Waals surface area (Å²) in [5.74, 6) is 0.455. The fraction of sp³-hybridized carbons (Fsp3) is 0.160. The zero-order chi connectivity index (χ0) is 23.8. The second-order valence-corrected chi connectivity index (χ2v) is 11.4. The molecule has 0 aliphatic heterocycles. The van der Waals surface area contributed by atoms with Crippen LogP contribution in [-0.2, 0) is 12.3 Å². The van der Waals surface area contributed by atoms with Gasteiger partial charge < -0.3 is 9.82 Å². The van der Waals surface area contributed by atoms with Gasteiger partial charge in [-0.3, -0.25) is 10.1 Å². The third kappa shape index (κ3) is 6.10. The first-order valence-corrected chi connectivity index (χ1v) is 13.8. The van der Waals surface area contributed by atoms with Crippen LogP contribution in [0.3, 0.4) is 0 Å². The second-order valence-electron chi connectivity index (χ2n) is 7.60. The molecule has 4 aromatic rings. The number of ether oxygens (including phenoxy) is 1. The maximum atomic E-state index is 12.0. The van der Waals surface area contributed by atoms with E-state index >= 15 is 0 Å². The molecular weight excluding hydrogens is 467 g/mol. The quantitative estimate of drug-likeness (QED) is 0.139. The summed E-state index contributed by atoms with van der Waals surface area (Å²) in [7, 11) is -2.47. The molecule has 0 bridgehead atoms. The molecule has 1 heterocycles. The molecule has 0 radical (unpaired) electrons. The first-order chi connectivity index (χ1) is 16.6. The number of aromatic nitrogens is 1. The van der Waals surface area contributed by atoms with E-state index in [0.717, 1.165) is 16.3 Å². The summed E-state index contributed by atoms with van der Waals surface area (Å²) in [4.78, 5) is 16.0. The first kappa shape index (κ1) is 23.7. The van der Waals surface area contributed by atoms with Gasteiger partial charge in [0.2, 0.25) is 0 Å². The fourth-order valence-corrected chi connectivity index (χ4v) is 7.83. The highest BCUT2D eigenvalue weighted by atomic mass is 32.1. The van der Waals surface area contributed by atoms with Crippen molar-refractivity contribution in [2.24, 2.45) is 4.74 Å². The zero-order valence-electron chi connectivity index (χ0n) is 18.7. The predicted octanol–water partition coefficient (Wildman–Crippen LogP) is 7.71. The van der Waals surface area contributed by atoms with Gasteiger partial charge in [0.05, 0.1) is 24.8 Å². The van der Waals surface area contributed by atoms with Crippen LogP contribution in [0.2, 0.25) is 0 Å². The average molecular weight is 493 g/mol. The Hall–Kier alpha value is -3.48. The van der Waals surface area contributed by atoms with Crippen LogP contribution >= 0.6 is 18.5 Å². The lowest BCUT2D eigenvalue weighted by Gasteiger charge is -2.26. The number of hydrogen-bond donors (Lipinski definition) is 1. The molecule has 34 heavy (non-hydrogen) atoms. The van der Waals surface area contributed by atoms with Crippen molar-refractivity contribution >= 4 is 35.0 Å². The van der Waals surface area contributed by atoms with E-state index in [1.165, 1.54) is 17.4 Å². The maximum absolute atomic E-state index is 12.0. The molecule has 0 spiro atoms. The van der Waals surface area contributed by atoms with Gasteiger partial charge in [-0.05, 0) is 30.2 Å². The summed E-state index contributed by atoms with van der Waals surface area (Å²) >= 11 is 1.49. The average Bonchev–Trinajstić information content (AvgIpc) is 3.34. The lowest BCUT2D eigenvalue weighted by Crippen LogP contribution is -2.04. The van der Waals surface area contributed by atoms with Gasteiger partial charge >= 0.3 is 0 Å². The predicted molar refractivity (Wildman–Crippen MR) is 139 cm³/mol. The summed E-state index contributed by atoms with van der Waals surface area (Å²) in [6.45, 7) is 2.27. The highest BCUT2D eigenvalue weighted by Crippen LogP contribution is 2.58. The molecule has 9 heteroatoms. The number of nitrogens with zero attached hydrogens (tertiary/aromatic N) is 3. The Kier molecular flexibility index (Phi) is 7.72. The van der Waals surface area contributed by atoms with Crippen molar-refractivity contribution in [2.75, 3.05) is 11.7 Å². The SMILES string of the molecule is CCOc1ccc(N=P(Cc2ccccc2)(Cc2ccccc2)Nc2nccs2)c([N+](=O)[O-])c1. The molecule has 0 aliphatic carbocycles. The molecule has 1 N–H and O–H groups in total. The number of nitrogens with one attached hydrogen (secondary N) is 1. The van der Waals surface area contributed by atoms with Gasteiger partial charge in [0.25, 0.3) is 5.69 Å². The Morgan fingerprint density at radius 2 is 1.68 bits per heavy atom. The van der Waals surface area contributed by atoms with Gasteiger partial charge in [-0.15, -0.1) is 11.3 Å². The second kappa shape index (κ2) is 11.1. The van der Waals surface area contributed by atoms with Gasteiger partial charge in [0, 0.05) is 23.9 Å². The minimum Gasteiger partial charge on any atom is -0.494 e. The Balaban J connectivity index is 1.90. The van der Waals surface area contributed by atoms with Crippen LogP contribution < -0.4 is 9.82 Å². The van der Waals surface area contributed by atoms with E-state index < -0.39 is 12.1 Å². The summed E-state index contributed by atoms with van der Waals surface area (Å²) in [6.07, 6.45) is 2.98. The van der Waals surface area contributed by atoms with Crippen molar-refractivity contribution in [2.45, 2.75) is 19.2 Å². The van der Waals surface area contributed by atoms with Gasteiger partial charge in [-0.25, -0.2) is 9.73 Å². The van der Waals surface area contributed by atoms with Crippen molar-refractivity contribution in [3.05, 3.63) is 112 Å². The van der Waals surface area contributed by atoms with Crippen molar-refractivity contribution in [1.29, 1.82) is 0 Å². The van der Waals surface area contributed by atoms with E-state index in [2.05, 4.69) is 34.3 Å². The Morgan fingerprint density at radius 3 is 2.21 bits per heavy atom. The third-order valence-electron chi connectivity index (χ3n) is 5.06. The number of hydrogen-bond acceptors (Lipinski definition) is 6. The van der Waals surface area contributed by atoms with Crippen molar-refractivity contribution in [1.82, 2.24) is 4.98 Å². The highest BCUT2D eigenvalue weighted by molar-refractivity contribution is 7.66. The normalized spacial score (nSPS) is 11.1. The smallest absolute Gasteiger partial charge is 0.298 e. The third-order valence-corrected chi connectivity index (χ3v) is 8.91. The van der Waals surface area contributed by atoms with Gasteiger partial charge in [0.15, 0.2) is 5.13 Å². The number of benzene rings is 3. The maximum Gasteiger partial charge on any atom is 0.298 e. The van der Waals surface area contributed by atoms with Crippen LogP contribution in [0, 0.1) is 10.1 Å². The summed E-state index contributed by atoms with van der Waals surface area (Å²) < 4.78 is 10.6. The van der Waals surface area contributed by atoms with Crippen molar-refractivity contribution < 1.29 is 9.66 Å². The van der Waals surface area contributed by atoms with E-state index in [-0.39, 0.29) is 5.69 Å². The van der Waals surface area contributed by atoms with E-state index in [9.17, 15) is 10.1 Å². The molecule has 0 amide bonds. The summed E-state index contributed by atoms with van der Waals surface area (Å²) in [5, 5.41) is 18.2. The Bertz CT molecular complexity index is 1240. The van der Waals surface area contributed by atoms with Crippen LogP contribution in [0.25, 0.3) is 0 Å². The zero-order valence-corrected chi connectivity index (χ0v) is 20.4. The van der Waals surface area contributed by atoms with Crippen molar-refractivity contribution in [3.63, 3.8) is 0 Å². The van der Waals surface area contributed by atoms with E-state index in [1.54, 1.807) is 18.3 Å². The minimum atomic E-state index is -2.47. The molecule has 0 aliphatic rings. The Morgan fingerprint density at radius 1 is 1.03 bits per heavy atom. The Labute approximate surface area is 202 Å². The highest BCUT2D eigenvalue weighted by Gasteiger charge is 2.25. The number of thiazole rings is 1.